The molecule has 0 unspecified atom stereocenters. The molecule has 1 aliphatic heterocycles. The molecule has 116 valence electrons. The highest BCUT2D eigenvalue weighted by atomic mass is 16.2. The van der Waals surface area contributed by atoms with Crippen LogP contribution in [0.3, 0.4) is 0 Å². The van der Waals surface area contributed by atoms with Crippen LogP contribution in [0.15, 0.2) is 37.1 Å². The molecular formula is C16H21N5O. The second kappa shape index (κ2) is 6.60. The maximum absolute atomic E-state index is 12.6. The van der Waals surface area contributed by atoms with Gasteiger partial charge in [-0.3, -0.25) is 4.79 Å². The molecule has 1 amide bonds. The molecule has 3 heterocycles. The van der Waals surface area contributed by atoms with Gasteiger partial charge in [-0.05, 0) is 30.9 Å². The van der Waals surface area contributed by atoms with Crippen molar-refractivity contribution in [1.82, 2.24) is 19.4 Å². The molecule has 6 heteroatoms. The van der Waals surface area contributed by atoms with Gasteiger partial charge < -0.3 is 14.8 Å². The van der Waals surface area contributed by atoms with Crippen LogP contribution in [0.25, 0.3) is 0 Å². The quantitative estimate of drug-likeness (QED) is 0.936. The number of amides is 1. The maximum Gasteiger partial charge on any atom is 0.255 e. The summed E-state index contributed by atoms with van der Waals surface area (Å²) in [5.74, 6) is 1.33. The fourth-order valence-electron chi connectivity index (χ4n) is 2.94. The molecule has 1 fully saturated rings. The molecule has 0 aromatic carbocycles. The Bertz CT molecular complexity index is 608. The number of hydrogen-bond acceptors (Lipinski definition) is 4. The van der Waals surface area contributed by atoms with Crippen molar-refractivity contribution in [1.29, 1.82) is 0 Å². The van der Waals surface area contributed by atoms with Crippen LogP contribution in [0, 0.1) is 5.92 Å². The smallest absolute Gasteiger partial charge is 0.255 e. The normalized spacial score (nSPS) is 18.2. The zero-order chi connectivity index (χ0) is 15.4. The minimum absolute atomic E-state index is 0.0745. The van der Waals surface area contributed by atoms with Gasteiger partial charge in [-0.2, -0.15) is 0 Å². The topological polar surface area (TPSA) is 63.1 Å². The Kier molecular flexibility index (Phi) is 4.37. The lowest BCUT2D eigenvalue weighted by Crippen LogP contribution is -2.41. The molecule has 0 aliphatic carbocycles. The summed E-state index contributed by atoms with van der Waals surface area (Å²) >= 11 is 0. The van der Waals surface area contributed by atoms with Crippen molar-refractivity contribution in [2.45, 2.75) is 19.4 Å². The Morgan fingerprint density at radius 2 is 2.36 bits per heavy atom. The summed E-state index contributed by atoms with van der Waals surface area (Å²) < 4.78 is 2.09. The van der Waals surface area contributed by atoms with Gasteiger partial charge in [0, 0.05) is 45.3 Å². The van der Waals surface area contributed by atoms with E-state index in [0.29, 0.717) is 11.5 Å². The van der Waals surface area contributed by atoms with Crippen LogP contribution in [-0.4, -0.2) is 45.5 Å². The summed E-state index contributed by atoms with van der Waals surface area (Å²) in [4.78, 5) is 22.8. The Hall–Kier alpha value is -2.37. The van der Waals surface area contributed by atoms with Crippen molar-refractivity contribution >= 4 is 11.7 Å². The first-order valence-electron chi connectivity index (χ1n) is 7.65. The van der Waals surface area contributed by atoms with Gasteiger partial charge in [0.15, 0.2) is 0 Å². The molecule has 22 heavy (non-hydrogen) atoms. The minimum atomic E-state index is 0.0745. The summed E-state index contributed by atoms with van der Waals surface area (Å²) in [5.41, 5.74) is 0.655. The SMILES string of the molecule is CNc1ccc(C(=O)N2CCC[C@@H](Cn3ccnc3)C2)cn1. The molecule has 1 saturated heterocycles. The van der Waals surface area contributed by atoms with Gasteiger partial charge >= 0.3 is 0 Å². The lowest BCUT2D eigenvalue weighted by Gasteiger charge is -2.33. The number of pyridine rings is 1. The summed E-state index contributed by atoms with van der Waals surface area (Å²) in [6.07, 6.45) is 9.45. The van der Waals surface area contributed by atoms with Gasteiger partial charge in [0.05, 0.1) is 11.9 Å². The van der Waals surface area contributed by atoms with E-state index in [0.717, 1.165) is 38.3 Å². The van der Waals surface area contributed by atoms with Crippen LogP contribution in [-0.2, 0) is 6.54 Å². The van der Waals surface area contributed by atoms with E-state index in [4.69, 9.17) is 0 Å². The molecule has 1 aliphatic rings. The van der Waals surface area contributed by atoms with Gasteiger partial charge in [-0.15, -0.1) is 0 Å². The first-order chi connectivity index (χ1) is 10.8. The molecular weight excluding hydrogens is 278 g/mol. The van der Waals surface area contributed by atoms with E-state index in [1.807, 2.05) is 36.6 Å². The highest BCUT2D eigenvalue weighted by Gasteiger charge is 2.24. The van der Waals surface area contributed by atoms with Gasteiger partial charge in [-0.25, -0.2) is 9.97 Å². The third kappa shape index (κ3) is 3.27. The number of rotatable bonds is 4. The zero-order valence-electron chi connectivity index (χ0n) is 12.8. The number of imidazole rings is 1. The van der Waals surface area contributed by atoms with Gasteiger partial charge in [0.2, 0.25) is 0 Å². The molecule has 2 aromatic rings. The number of likely N-dealkylation sites (tertiary alicyclic amines) is 1. The number of piperidine rings is 1. The van der Waals surface area contributed by atoms with Crippen molar-refractivity contribution in [3.05, 3.63) is 42.6 Å². The molecule has 0 saturated carbocycles. The number of anilines is 1. The number of nitrogens with one attached hydrogen (secondary N) is 1. The average Bonchev–Trinajstić information content (AvgIpc) is 3.07. The first-order valence-corrected chi connectivity index (χ1v) is 7.65. The second-order valence-corrected chi connectivity index (χ2v) is 5.70. The van der Waals surface area contributed by atoms with Crippen LogP contribution < -0.4 is 5.32 Å². The largest absolute Gasteiger partial charge is 0.373 e. The van der Waals surface area contributed by atoms with Crippen LogP contribution >= 0.6 is 0 Å². The molecule has 1 N–H and O–H groups in total. The predicted molar refractivity (Wildman–Crippen MR) is 84.6 cm³/mol. The average molecular weight is 299 g/mol. The van der Waals surface area contributed by atoms with Gasteiger partial charge in [-0.1, -0.05) is 0 Å². The third-order valence-corrected chi connectivity index (χ3v) is 4.10. The minimum Gasteiger partial charge on any atom is -0.373 e. The lowest BCUT2D eigenvalue weighted by atomic mass is 9.97. The van der Waals surface area contributed by atoms with Crippen molar-refractivity contribution < 1.29 is 4.79 Å². The zero-order valence-corrected chi connectivity index (χ0v) is 12.8. The summed E-state index contributed by atoms with van der Waals surface area (Å²) in [5, 5.41) is 2.96. The van der Waals surface area contributed by atoms with Crippen LogP contribution in [0.2, 0.25) is 0 Å². The van der Waals surface area contributed by atoms with Crippen molar-refractivity contribution in [3.63, 3.8) is 0 Å². The fourth-order valence-corrected chi connectivity index (χ4v) is 2.94. The predicted octanol–water partition coefficient (Wildman–Crippen LogP) is 1.87. The number of nitrogens with zero attached hydrogens (tertiary/aromatic N) is 4. The van der Waals surface area contributed by atoms with Crippen molar-refractivity contribution in [2.24, 2.45) is 5.92 Å². The number of hydrogen-bond donors (Lipinski definition) is 1. The molecule has 0 radical (unpaired) electrons. The maximum atomic E-state index is 12.6. The number of carbonyl (C=O) groups excluding carboxylic acids is 1. The molecule has 3 rings (SSSR count). The van der Waals surface area contributed by atoms with E-state index in [1.54, 1.807) is 12.4 Å². The van der Waals surface area contributed by atoms with Crippen LogP contribution in [0.1, 0.15) is 23.2 Å². The lowest BCUT2D eigenvalue weighted by molar-refractivity contribution is 0.0662. The molecule has 6 nitrogen and oxygen atoms in total. The molecule has 0 spiro atoms. The van der Waals surface area contributed by atoms with Crippen molar-refractivity contribution in [3.8, 4) is 0 Å². The summed E-state index contributed by atoms with van der Waals surface area (Å²) in [6, 6.07) is 3.67. The number of aromatic nitrogens is 3. The Morgan fingerprint density at radius 1 is 1.45 bits per heavy atom. The number of carbonyl (C=O) groups is 1. The van der Waals surface area contributed by atoms with E-state index < -0.39 is 0 Å². The van der Waals surface area contributed by atoms with E-state index in [9.17, 15) is 4.79 Å². The highest BCUT2D eigenvalue weighted by molar-refractivity contribution is 5.94. The fraction of sp³-hybridized carbons (Fsp3) is 0.438. The molecule has 0 bridgehead atoms. The third-order valence-electron chi connectivity index (χ3n) is 4.10. The van der Waals surface area contributed by atoms with E-state index in [-0.39, 0.29) is 5.91 Å². The molecule has 2 aromatic heterocycles. The standard InChI is InChI=1S/C16H21N5O/c1-17-15-5-4-14(9-19-15)16(22)21-7-2-3-13(11-21)10-20-8-6-18-12-20/h4-6,8-9,12-13H,2-3,7,10-11H2,1H3,(H,17,19)/t13-/m0/s1. The Morgan fingerprint density at radius 3 is 3.05 bits per heavy atom. The molecule has 1 atom stereocenters. The first kappa shape index (κ1) is 14.6. The summed E-state index contributed by atoms with van der Waals surface area (Å²) in [6.45, 7) is 2.54. The Labute approximate surface area is 130 Å². The van der Waals surface area contributed by atoms with E-state index in [2.05, 4.69) is 19.9 Å². The summed E-state index contributed by atoms with van der Waals surface area (Å²) in [7, 11) is 1.81. The monoisotopic (exact) mass is 299 g/mol. The van der Waals surface area contributed by atoms with Crippen LogP contribution in [0.4, 0.5) is 5.82 Å². The van der Waals surface area contributed by atoms with Crippen molar-refractivity contribution in [2.75, 3.05) is 25.5 Å². The second-order valence-electron chi connectivity index (χ2n) is 5.70. The van der Waals surface area contributed by atoms with Crippen LogP contribution in [0.5, 0.6) is 0 Å². The van der Waals surface area contributed by atoms with E-state index in [1.165, 1.54) is 0 Å². The van der Waals surface area contributed by atoms with E-state index >= 15 is 0 Å². The highest BCUT2D eigenvalue weighted by Crippen LogP contribution is 2.20. The Balaban J connectivity index is 1.64. The van der Waals surface area contributed by atoms with Gasteiger partial charge in [0.25, 0.3) is 5.91 Å². The van der Waals surface area contributed by atoms with Gasteiger partial charge in [0.1, 0.15) is 5.82 Å².